The highest BCUT2D eigenvalue weighted by Crippen LogP contribution is 2.36. The molecule has 8 heteroatoms. The van der Waals surface area contributed by atoms with Crippen LogP contribution in [0.25, 0.3) is 0 Å². The average Bonchev–Trinajstić information content (AvgIpc) is 2.15. The van der Waals surface area contributed by atoms with Crippen LogP contribution in [0.2, 0.25) is 0 Å². The molecule has 0 aromatic carbocycles. The van der Waals surface area contributed by atoms with E-state index in [0.29, 0.717) is 0 Å². The lowest BCUT2D eigenvalue weighted by Gasteiger charge is -2.13. The van der Waals surface area contributed by atoms with Gasteiger partial charge in [0.1, 0.15) is 0 Å². The topological polar surface area (TPSA) is 33.1 Å². The first-order chi connectivity index (χ1) is 7.27. The van der Waals surface area contributed by atoms with E-state index >= 15 is 0 Å². The molecule has 1 aromatic rings. The lowest BCUT2D eigenvalue weighted by atomic mass is 10.2. The van der Waals surface area contributed by atoms with Crippen LogP contribution in [0.3, 0.4) is 0 Å². The minimum absolute atomic E-state index is 0.428. The molecular formula is C8H5F5INO. The van der Waals surface area contributed by atoms with Crippen molar-refractivity contribution in [2.45, 2.75) is 19.2 Å². The van der Waals surface area contributed by atoms with Crippen molar-refractivity contribution in [3.8, 4) is 0 Å². The number of aliphatic hydroxyl groups is 1. The molecule has 0 fully saturated rings. The van der Waals surface area contributed by atoms with E-state index in [2.05, 4.69) is 4.98 Å². The second-order valence-corrected chi connectivity index (χ2v) is 3.90. The van der Waals surface area contributed by atoms with Gasteiger partial charge in [-0.25, -0.2) is 13.8 Å². The van der Waals surface area contributed by atoms with Gasteiger partial charge in [0.25, 0.3) is 6.43 Å². The number of aromatic nitrogens is 1. The number of hydrogen-bond acceptors (Lipinski definition) is 2. The molecule has 1 N–H and O–H groups in total. The molecule has 1 aromatic heterocycles. The molecule has 0 bridgehead atoms. The van der Waals surface area contributed by atoms with Gasteiger partial charge >= 0.3 is 6.18 Å². The first-order valence-electron chi connectivity index (χ1n) is 3.93. The summed E-state index contributed by atoms with van der Waals surface area (Å²) in [6, 6.07) is 0.766. The van der Waals surface area contributed by atoms with E-state index in [1.165, 1.54) is 22.6 Å². The van der Waals surface area contributed by atoms with Gasteiger partial charge in [-0.05, 0) is 28.7 Å². The van der Waals surface area contributed by atoms with Gasteiger partial charge in [0.2, 0.25) is 0 Å². The van der Waals surface area contributed by atoms with Crippen LogP contribution < -0.4 is 0 Å². The standard InChI is InChI=1S/C8H5F5INO/c9-7(10)4-1-3(2-16)15-6(5(4)14)8(11,12)13/h1,7,16H,2H2. The van der Waals surface area contributed by atoms with E-state index in [4.69, 9.17) is 5.11 Å². The number of aliphatic hydroxyl groups excluding tert-OH is 1. The highest BCUT2D eigenvalue weighted by atomic mass is 127. The van der Waals surface area contributed by atoms with Crippen molar-refractivity contribution in [3.63, 3.8) is 0 Å². The molecule has 0 spiro atoms. The zero-order valence-corrected chi connectivity index (χ0v) is 9.68. The minimum Gasteiger partial charge on any atom is -0.390 e. The average molecular weight is 353 g/mol. The molecule has 2 nitrogen and oxygen atoms in total. The van der Waals surface area contributed by atoms with Crippen LogP contribution >= 0.6 is 22.6 Å². The van der Waals surface area contributed by atoms with Gasteiger partial charge in [-0.15, -0.1) is 0 Å². The number of nitrogens with zero attached hydrogens (tertiary/aromatic N) is 1. The molecule has 16 heavy (non-hydrogen) atoms. The third kappa shape index (κ3) is 2.78. The summed E-state index contributed by atoms with van der Waals surface area (Å²) in [6.07, 6.45) is -7.85. The first-order valence-corrected chi connectivity index (χ1v) is 5.00. The number of rotatable bonds is 2. The SMILES string of the molecule is OCc1cc(C(F)F)c(I)c(C(F)(F)F)n1. The Bertz CT molecular complexity index is 393. The summed E-state index contributed by atoms with van der Waals surface area (Å²) in [4.78, 5) is 3.09. The number of alkyl halides is 5. The molecule has 1 heterocycles. The van der Waals surface area contributed by atoms with Crippen molar-refractivity contribution in [2.75, 3.05) is 0 Å². The van der Waals surface area contributed by atoms with Crippen LogP contribution in [0.15, 0.2) is 6.07 Å². The van der Waals surface area contributed by atoms with Gasteiger partial charge in [0.05, 0.1) is 15.9 Å². The Morgan fingerprint density at radius 2 is 1.94 bits per heavy atom. The molecule has 0 saturated carbocycles. The van der Waals surface area contributed by atoms with E-state index < -0.39 is 39.7 Å². The van der Waals surface area contributed by atoms with E-state index in [1.54, 1.807) is 0 Å². The fourth-order valence-corrected chi connectivity index (χ4v) is 1.85. The largest absolute Gasteiger partial charge is 0.434 e. The van der Waals surface area contributed by atoms with Crippen LogP contribution in [0.1, 0.15) is 23.4 Å². The number of hydrogen-bond donors (Lipinski definition) is 1. The fourth-order valence-electron chi connectivity index (χ4n) is 1.03. The maximum absolute atomic E-state index is 12.4. The van der Waals surface area contributed by atoms with Crippen molar-refractivity contribution in [2.24, 2.45) is 0 Å². The summed E-state index contributed by atoms with van der Waals surface area (Å²) in [5.41, 5.74) is -2.59. The molecule has 0 atom stereocenters. The molecule has 0 aliphatic rings. The molecule has 0 unspecified atom stereocenters. The van der Waals surface area contributed by atoms with E-state index in [9.17, 15) is 22.0 Å². The predicted molar refractivity (Wildman–Crippen MR) is 52.8 cm³/mol. The molecule has 0 radical (unpaired) electrons. The summed E-state index contributed by atoms with van der Waals surface area (Å²) >= 11 is 1.17. The smallest absolute Gasteiger partial charge is 0.390 e. The van der Waals surface area contributed by atoms with Crippen molar-refractivity contribution in [1.82, 2.24) is 4.98 Å². The van der Waals surface area contributed by atoms with Gasteiger partial charge in [-0.2, -0.15) is 13.2 Å². The molecular weight excluding hydrogens is 348 g/mol. The number of pyridine rings is 1. The quantitative estimate of drug-likeness (QED) is 0.655. The lowest BCUT2D eigenvalue weighted by molar-refractivity contribution is -0.142. The van der Waals surface area contributed by atoms with Gasteiger partial charge in [-0.3, -0.25) is 0 Å². The molecule has 0 aliphatic carbocycles. The Hall–Kier alpha value is -0.510. The summed E-state index contributed by atoms with van der Waals surface area (Å²) < 4.78 is 61.5. The van der Waals surface area contributed by atoms with Crippen LogP contribution in [0.5, 0.6) is 0 Å². The van der Waals surface area contributed by atoms with Crippen molar-refractivity contribution in [1.29, 1.82) is 0 Å². The highest BCUT2D eigenvalue weighted by molar-refractivity contribution is 14.1. The Kier molecular flexibility index (Phi) is 4.05. The second kappa shape index (κ2) is 4.78. The zero-order chi connectivity index (χ0) is 12.5. The van der Waals surface area contributed by atoms with Gasteiger partial charge in [0, 0.05) is 5.56 Å². The summed E-state index contributed by atoms with van der Waals surface area (Å²) in [5, 5.41) is 8.65. The molecule has 0 aliphatic heterocycles. The Labute approximate surface area is 101 Å². The lowest BCUT2D eigenvalue weighted by Crippen LogP contribution is -2.14. The third-order valence-corrected chi connectivity index (χ3v) is 2.84. The van der Waals surface area contributed by atoms with Gasteiger partial charge in [-0.1, -0.05) is 0 Å². The van der Waals surface area contributed by atoms with Gasteiger partial charge < -0.3 is 5.11 Å². The number of halogens is 6. The van der Waals surface area contributed by atoms with E-state index in [0.717, 1.165) is 6.07 Å². The molecule has 0 saturated heterocycles. The van der Waals surface area contributed by atoms with Gasteiger partial charge in [0.15, 0.2) is 5.69 Å². The van der Waals surface area contributed by atoms with Crippen molar-refractivity contribution < 1.29 is 27.1 Å². The first kappa shape index (κ1) is 13.6. The van der Waals surface area contributed by atoms with Crippen molar-refractivity contribution >= 4 is 22.6 Å². The monoisotopic (exact) mass is 353 g/mol. The van der Waals surface area contributed by atoms with E-state index in [-0.39, 0.29) is 0 Å². The van der Waals surface area contributed by atoms with Crippen LogP contribution in [0, 0.1) is 3.57 Å². The minimum atomic E-state index is -4.81. The Balaban J connectivity index is 3.44. The maximum atomic E-state index is 12.4. The third-order valence-electron chi connectivity index (χ3n) is 1.70. The second-order valence-electron chi connectivity index (χ2n) is 2.82. The Morgan fingerprint density at radius 1 is 1.38 bits per heavy atom. The zero-order valence-electron chi connectivity index (χ0n) is 7.52. The molecule has 1 rings (SSSR count). The fraction of sp³-hybridized carbons (Fsp3) is 0.375. The van der Waals surface area contributed by atoms with Crippen LogP contribution in [0.4, 0.5) is 22.0 Å². The maximum Gasteiger partial charge on any atom is 0.434 e. The summed E-state index contributed by atoms with van der Waals surface area (Å²) in [5.74, 6) is 0. The normalized spacial score (nSPS) is 12.2. The van der Waals surface area contributed by atoms with E-state index in [1.807, 2.05) is 0 Å². The van der Waals surface area contributed by atoms with Crippen molar-refractivity contribution in [3.05, 3.63) is 26.6 Å². The molecule has 90 valence electrons. The van der Waals surface area contributed by atoms with Crippen LogP contribution in [-0.2, 0) is 12.8 Å². The summed E-state index contributed by atoms with van der Waals surface area (Å²) in [7, 11) is 0. The predicted octanol–water partition coefficient (Wildman–Crippen LogP) is 3.13. The Morgan fingerprint density at radius 3 is 2.31 bits per heavy atom. The van der Waals surface area contributed by atoms with Crippen LogP contribution in [-0.4, -0.2) is 10.1 Å². The molecule has 0 amide bonds. The summed E-state index contributed by atoms with van der Waals surface area (Å²) in [6.45, 7) is -0.820. The highest BCUT2D eigenvalue weighted by Gasteiger charge is 2.37.